The number of thioether (sulfide) groups is 1. The lowest BCUT2D eigenvalue weighted by Crippen LogP contribution is -2.42. The molecule has 0 aromatic carbocycles. The van der Waals surface area contributed by atoms with Gasteiger partial charge in [-0.3, -0.25) is 4.90 Å². The maximum Gasteiger partial charge on any atom is 0.408 e. The Morgan fingerprint density at radius 2 is 2.24 bits per heavy atom. The summed E-state index contributed by atoms with van der Waals surface area (Å²) in [6.45, 7) is 0. The van der Waals surface area contributed by atoms with Gasteiger partial charge >= 0.3 is 6.09 Å². The van der Waals surface area contributed by atoms with Gasteiger partial charge in [0, 0.05) is 17.6 Å². The first-order valence-electron chi connectivity index (χ1n) is 7.77. The highest BCUT2D eigenvalue weighted by Crippen LogP contribution is 2.40. The fourth-order valence-corrected chi connectivity index (χ4v) is 4.16. The topological polar surface area (TPSA) is 79.2 Å². The molecule has 0 aliphatic carbocycles. The Kier molecular flexibility index (Phi) is 4.04. The molecule has 6 nitrogen and oxygen atoms in total. The van der Waals surface area contributed by atoms with Crippen LogP contribution in [0.15, 0.2) is 17.4 Å². The van der Waals surface area contributed by atoms with Gasteiger partial charge in [0.05, 0.1) is 11.7 Å². The summed E-state index contributed by atoms with van der Waals surface area (Å²) in [5, 5.41) is 10.1. The first-order valence-corrected chi connectivity index (χ1v) is 9.38. The zero-order valence-corrected chi connectivity index (χ0v) is 14.8. The van der Waals surface area contributed by atoms with E-state index in [1.165, 1.54) is 22.9 Å². The number of aromatic nitrogens is 3. The molecule has 0 spiro atoms. The Hall–Kier alpha value is -1.93. The molecule has 1 N–H and O–H groups in total. The number of rotatable bonds is 2. The van der Waals surface area contributed by atoms with Crippen molar-refractivity contribution in [2.45, 2.75) is 36.5 Å². The lowest BCUT2D eigenvalue weighted by Gasteiger charge is -2.31. The van der Waals surface area contributed by atoms with E-state index < -0.39 is 11.9 Å². The zero-order valence-electron chi connectivity index (χ0n) is 13.2. The summed E-state index contributed by atoms with van der Waals surface area (Å²) < 4.78 is 14.4. The number of carboxylic acid groups (broad SMARTS) is 1. The third kappa shape index (κ3) is 2.64. The first kappa shape index (κ1) is 16.5. The van der Waals surface area contributed by atoms with E-state index in [2.05, 4.69) is 15.0 Å². The average Bonchev–Trinajstić information content (AvgIpc) is 2.88. The molecule has 130 valence electrons. The van der Waals surface area contributed by atoms with Gasteiger partial charge in [-0.25, -0.2) is 24.1 Å². The molecule has 1 fully saturated rings. The normalized spacial score (nSPS) is 22.4. The third-order valence-electron chi connectivity index (χ3n) is 4.72. The highest BCUT2D eigenvalue weighted by molar-refractivity contribution is 7.98. The second-order valence-electron chi connectivity index (χ2n) is 6.07. The maximum atomic E-state index is 14.4. The Morgan fingerprint density at radius 1 is 1.44 bits per heavy atom. The van der Waals surface area contributed by atoms with Gasteiger partial charge in [-0.05, 0) is 31.1 Å². The summed E-state index contributed by atoms with van der Waals surface area (Å²) in [7, 11) is 0. The molecule has 1 amide bonds. The van der Waals surface area contributed by atoms with E-state index in [9.17, 15) is 14.3 Å². The van der Waals surface area contributed by atoms with Crippen LogP contribution < -0.4 is 0 Å². The summed E-state index contributed by atoms with van der Waals surface area (Å²) in [6, 6.07) is -0.241. The molecule has 0 unspecified atom stereocenters. The predicted molar refractivity (Wildman–Crippen MR) is 93.3 cm³/mol. The van der Waals surface area contributed by atoms with E-state index in [0.29, 0.717) is 22.7 Å². The van der Waals surface area contributed by atoms with E-state index in [0.717, 1.165) is 18.4 Å². The van der Waals surface area contributed by atoms with E-state index in [1.807, 2.05) is 12.3 Å². The van der Waals surface area contributed by atoms with Crippen LogP contribution in [0.3, 0.4) is 0 Å². The molecule has 0 radical (unpaired) electrons. The molecule has 0 saturated carbocycles. The Morgan fingerprint density at radius 3 is 2.92 bits per heavy atom. The largest absolute Gasteiger partial charge is 0.465 e. The lowest BCUT2D eigenvalue weighted by atomic mass is 9.97. The second kappa shape index (κ2) is 6.10. The van der Waals surface area contributed by atoms with Crippen molar-refractivity contribution in [1.29, 1.82) is 0 Å². The molecule has 2 bridgehead atoms. The van der Waals surface area contributed by atoms with Crippen molar-refractivity contribution in [2.24, 2.45) is 0 Å². The Balaban J connectivity index is 1.89. The van der Waals surface area contributed by atoms with E-state index >= 15 is 0 Å². The summed E-state index contributed by atoms with van der Waals surface area (Å²) >= 11 is 7.11. The van der Waals surface area contributed by atoms with Crippen LogP contribution >= 0.6 is 23.4 Å². The standard InChI is InChI=1S/C16H14ClFN4O2S/c1-25-15-20-12(10-6-19-14(17)11(18)13(10)21-15)7-4-8-2-3-9(5-7)22(8)16(23)24/h4,6,8-9H,2-3,5H2,1H3,(H,23,24)/t8-,9+/m0/s1. The summed E-state index contributed by atoms with van der Waals surface area (Å²) in [5.74, 6) is -0.662. The highest BCUT2D eigenvalue weighted by Gasteiger charge is 2.40. The van der Waals surface area contributed by atoms with Crippen molar-refractivity contribution in [3.8, 4) is 0 Å². The Bertz CT molecular complexity index is 923. The van der Waals surface area contributed by atoms with Crippen LogP contribution in [0.2, 0.25) is 5.15 Å². The van der Waals surface area contributed by atoms with E-state index in [-0.39, 0.29) is 22.8 Å². The van der Waals surface area contributed by atoms with Gasteiger partial charge in [0.25, 0.3) is 0 Å². The minimum Gasteiger partial charge on any atom is -0.465 e. The number of hydrogen-bond donors (Lipinski definition) is 1. The van der Waals surface area contributed by atoms with Crippen LogP contribution in [0, 0.1) is 5.82 Å². The molecule has 1 saturated heterocycles. The molecular weight excluding hydrogens is 367 g/mol. The van der Waals surface area contributed by atoms with Gasteiger partial charge in [0.2, 0.25) is 0 Å². The average molecular weight is 381 g/mol. The molecule has 2 atom stereocenters. The van der Waals surface area contributed by atoms with E-state index in [1.54, 1.807) is 0 Å². The molecule has 9 heteroatoms. The quantitative estimate of drug-likeness (QED) is 0.484. The zero-order chi connectivity index (χ0) is 17.7. The second-order valence-corrected chi connectivity index (χ2v) is 7.20. The van der Waals surface area contributed by atoms with Gasteiger partial charge in [-0.2, -0.15) is 0 Å². The van der Waals surface area contributed by atoms with E-state index in [4.69, 9.17) is 11.6 Å². The van der Waals surface area contributed by atoms with Gasteiger partial charge in [0.15, 0.2) is 16.1 Å². The number of carbonyl (C=O) groups is 1. The SMILES string of the molecule is CSc1nc(C2=C[C@@H]3CC[C@H](C2)N3C(=O)O)c2cnc(Cl)c(F)c2n1. The number of fused-ring (bicyclic) bond motifs is 3. The van der Waals surface area contributed by atoms with Crippen molar-refractivity contribution < 1.29 is 14.3 Å². The van der Waals surface area contributed by atoms with Crippen LogP contribution in [0.5, 0.6) is 0 Å². The monoisotopic (exact) mass is 380 g/mol. The van der Waals surface area contributed by atoms with Crippen LogP contribution in [-0.4, -0.2) is 49.4 Å². The maximum absolute atomic E-state index is 14.4. The predicted octanol–water partition coefficient (Wildman–Crippen LogP) is 3.84. The van der Waals surface area contributed by atoms with Gasteiger partial charge in [-0.15, -0.1) is 0 Å². The molecule has 4 rings (SSSR count). The minimum atomic E-state index is -0.903. The molecule has 4 heterocycles. The summed E-state index contributed by atoms with van der Waals surface area (Å²) in [4.78, 5) is 25.6. The molecule has 25 heavy (non-hydrogen) atoms. The fraction of sp³-hybridized carbons (Fsp3) is 0.375. The third-order valence-corrected chi connectivity index (χ3v) is 5.54. The number of pyridine rings is 1. The number of nitrogens with zero attached hydrogens (tertiary/aromatic N) is 4. The smallest absolute Gasteiger partial charge is 0.408 e. The lowest BCUT2D eigenvalue weighted by molar-refractivity contribution is 0.128. The number of amides is 1. The van der Waals surface area contributed by atoms with Gasteiger partial charge in [0.1, 0.15) is 5.52 Å². The molecule has 2 aliphatic rings. The van der Waals surface area contributed by atoms with Crippen molar-refractivity contribution in [2.75, 3.05) is 6.26 Å². The first-order chi connectivity index (χ1) is 12.0. The van der Waals surface area contributed by atoms with Crippen LogP contribution in [0.25, 0.3) is 16.5 Å². The van der Waals surface area contributed by atoms with Crippen molar-refractivity contribution in [3.63, 3.8) is 0 Å². The van der Waals surface area contributed by atoms with Crippen molar-refractivity contribution in [1.82, 2.24) is 19.9 Å². The molecule has 2 aromatic heterocycles. The van der Waals surface area contributed by atoms with Gasteiger partial charge < -0.3 is 5.11 Å². The Labute approximate surface area is 152 Å². The molecular formula is C16H14ClFN4O2S. The summed E-state index contributed by atoms with van der Waals surface area (Å²) in [5.41, 5.74) is 1.67. The van der Waals surface area contributed by atoms with Crippen molar-refractivity contribution in [3.05, 3.63) is 28.9 Å². The fourth-order valence-electron chi connectivity index (χ4n) is 3.65. The van der Waals surface area contributed by atoms with Gasteiger partial charge in [-0.1, -0.05) is 29.4 Å². The van der Waals surface area contributed by atoms with Crippen molar-refractivity contribution >= 4 is 45.9 Å². The minimum absolute atomic E-state index is 0.0737. The van der Waals surface area contributed by atoms with Crippen LogP contribution in [0.4, 0.5) is 9.18 Å². The highest BCUT2D eigenvalue weighted by atomic mass is 35.5. The van der Waals surface area contributed by atoms with Crippen LogP contribution in [0.1, 0.15) is 25.0 Å². The number of hydrogen-bond acceptors (Lipinski definition) is 5. The summed E-state index contributed by atoms with van der Waals surface area (Å²) in [6.07, 6.45) is 6.47. The number of halogens is 2. The molecule has 2 aliphatic heterocycles. The van der Waals surface area contributed by atoms with Crippen LogP contribution in [-0.2, 0) is 0 Å². The molecule has 2 aromatic rings.